The topological polar surface area (TPSA) is 70.7 Å². The number of anilines is 2. The van der Waals surface area contributed by atoms with Crippen LogP contribution < -0.4 is 15.5 Å². The van der Waals surface area contributed by atoms with Crippen molar-refractivity contribution in [3.63, 3.8) is 0 Å². The van der Waals surface area contributed by atoms with Crippen molar-refractivity contribution < 1.29 is 14.3 Å². The molecule has 6 heteroatoms. The van der Waals surface area contributed by atoms with Crippen molar-refractivity contribution >= 4 is 23.3 Å². The third-order valence-corrected chi connectivity index (χ3v) is 4.59. The molecule has 1 saturated heterocycles. The molecular weight excluding hydrogens is 342 g/mol. The van der Waals surface area contributed by atoms with Crippen LogP contribution in [-0.4, -0.2) is 38.2 Å². The van der Waals surface area contributed by atoms with Crippen LogP contribution in [0.1, 0.15) is 29.6 Å². The Labute approximate surface area is 159 Å². The molecule has 27 heavy (non-hydrogen) atoms. The zero-order chi connectivity index (χ0) is 19.1. The molecule has 0 aromatic heterocycles. The summed E-state index contributed by atoms with van der Waals surface area (Å²) in [5, 5.41) is 5.61. The van der Waals surface area contributed by atoms with Crippen LogP contribution in [0.4, 0.5) is 16.2 Å². The number of hydrogen-bond acceptors (Lipinski definition) is 3. The highest BCUT2D eigenvalue weighted by Crippen LogP contribution is 2.18. The van der Waals surface area contributed by atoms with Crippen molar-refractivity contribution in [2.75, 3.05) is 30.4 Å². The summed E-state index contributed by atoms with van der Waals surface area (Å²) in [7, 11) is 1.73. The van der Waals surface area contributed by atoms with Crippen LogP contribution in [0.5, 0.6) is 0 Å². The summed E-state index contributed by atoms with van der Waals surface area (Å²) in [5.74, 6) is -0.136. The standard InChI is InChI=1S/C21H25N3O3/c1-24(18-9-3-2-4-10-18)20(25)16-7-5-8-17(15-16)23-21(26)22-13-12-19-11-6-14-27-19/h2-5,7-10,15,19H,6,11-14H2,1H3,(H2,22,23,26). The van der Waals surface area contributed by atoms with E-state index < -0.39 is 0 Å². The van der Waals surface area contributed by atoms with Crippen molar-refractivity contribution in [3.05, 3.63) is 60.2 Å². The van der Waals surface area contributed by atoms with Gasteiger partial charge in [-0.3, -0.25) is 4.79 Å². The van der Waals surface area contributed by atoms with Gasteiger partial charge in [0.2, 0.25) is 0 Å². The van der Waals surface area contributed by atoms with E-state index in [2.05, 4.69) is 10.6 Å². The Bertz CT molecular complexity index is 773. The zero-order valence-electron chi connectivity index (χ0n) is 15.5. The maximum atomic E-state index is 12.7. The number of hydrogen-bond donors (Lipinski definition) is 2. The molecule has 1 aliphatic rings. The third kappa shape index (κ3) is 5.31. The first-order valence-corrected chi connectivity index (χ1v) is 9.23. The number of carbonyl (C=O) groups excluding carboxylic acids is 2. The average molecular weight is 367 g/mol. The molecule has 3 amide bonds. The second-order valence-corrected chi connectivity index (χ2v) is 6.59. The molecule has 1 atom stereocenters. The van der Waals surface area contributed by atoms with Gasteiger partial charge in [0, 0.05) is 37.1 Å². The first-order chi connectivity index (χ1) is 13.1. The van der Waals surface area contributed by atoms with Crippen LogP contribution in [0.3, 0.4) is 0 Å². The van der Waals surface area contributed by atoms with E-state index in [0.29, 0.717) is 17.8 Å². The van der Waals surface area contributed by atoms with Crippen LogP contribution in [-0.2, 0) is 4.74 Å². The Morgan fingerprint density at radius 3 is 2.70 bits per heavy atom. The molecule has 2 N–H and O–H groups in total. The molecule has 0 radical (unpaired) electrons. The number of amides is 3. The van der Waals surface area contributed by atoms with Gasteiger partial charge in [-0.15, -0.1) is 0 Å². The quantitative estimate of drug-likeness (QED) is 0.819. The summed E-state index contributed by atoms with van der Waals surface area (Å²) in [5.41, 5.74) is 1.91. The summed E-state index contributed by atoms with van der Waals surface area (Å²) < 4.78 is 5.54. The summed E-state index contributed by atoms with van der Waals surface area (Å²) in [6.07, 6.45) is 3.21. The second-order valence-electron chi connectivity index (χ2n) is 6.59. The number of ether oxygens (including phenoxy) is 1. The Hall–Kier alpha value is -2.86. The molecule has 0 saturated carbocycles. The molecule has 142 valence electrons. The SMILES string of the molecule is CN(C(=O)c1cccc(NC(=O)NCCC2CCCO2)c1)c1ccccc1. The number of benzene rings is 2. The largest absolute Gasteiger partial charge is 0.378 e. The van der Waals surface area contributed by atoms with E-state index in [0.717, 1.165) is 31.6 Å². The molecule has 1 aliphatic heterocycles. The minimum Gasteiger partial charge on any atom is -0.378 e. The van der Waals surface area contributed by atoms with Gasteiger partial charge in [0.15, 0.2) is 0 Å². The number of rotatable bonds is 6. The lowest BCUT2D eigenvalue weighted by Crippen LogP contribution is -2.31. The highest BCUT2D eigenvalue weighted by Gasteiger charge is 2.16. The summed E-state index contributed by atoms with van der Waals surface area (Å²) in [4.78, 5) is 26.3. The lowest BCUT2D eigenvalue weighted by molar-refractivity contribution is 0.0992. The highest BCUT2D eigenvalue weighted by molar-refractivity contribution is 6.06. The predicted octanol–water partition coefficient (Wildman–Crippen LogP) is 3.65. The molecule has 3 rings (SSSR count). The third-order valence-electron chi connectivity index (χ3n) is 4.59. The molecule has 1 heterocycles. The van der Waals surface area contributed by atoms with E-state index in [1.807, 2.05) is 30.3 Å². The predicted molar refractivity (Wildman–Crippen MR) is 106 cm³/mol. The number of nitrogens with one attached hydrogen (secondary N) is 2. The molecule has 1 unspecified atom stereocenters. The fraction of sp³-hybridized carbons (Fsp3) is 0.333. The Morgan fingerprint density at radius 2 is 1.96 bits per heavy atom. The van der Waals surface area contributed by atoms with Gasteiger partial charge in [-0.1, -0.05) is 24.3 Å². The fourth-order valence-electron chi connectivity index (χ4n) is 3.09. The molecular formula is C21H25N3O3. The molecule has 0 bridgehead atoms. The van der Waals surface area contributed by atoms with Gasteiger partial charge in [-0.25, -0.2) is 4.79 Å². The molecule has 2 aromatic rings. The van der Waals surface area contributed by atoms with E-state index in [4.69, 9.17) is 4.74 Å². The van der Waals surface area contributed by atoms with Crippen molar-refractivity contribution in [1.29, 1.82) is 0 Å². The van der Waals surface area contributed by atoms with Crippen molar-refractivity contribution in [2.45, 2.75) is 25.4 Å². The van der Waals surface area contributed by atoms with Gasteiger partial charge in [0.25, 0.3) is 5.91 Å². The Kier molecular flexibility index (Phi) is 6.44. The Balaban J connectivity index is 1.54. The van der Waals surface area contributed by atoms with Gasteiger partial charge in [-0.05, 0) is 49.6 Å². The first-order valence-electron chi connectivity index (χ1n) is 9.23. The van der Waals surface area contributed by atoms with Crippen LogP contribution in [0.15, 0.2) is 54.6 Å². The highest BCUT2D eigenvalue weighted by atomic mass is 16.5. The van der Waals surface area contributed by atoms with Crippen molar-refractivity contribution in [1.82, 2.24) is 5.32 Å². The summed E-state index contributed by atoms with van der Waals surface area (Å²) in [6, 6.07) is 16.1. The summed E-state index contributed by atoms with van der Waals surface area (Å²) in [6.45, 7) is 1.38. The van der Waals surface area contributed by atoms with E-state index in [1.165, 1.54) is 0 Å². The minimum absolute atomic E-state index is 0.136. The van der Waals surface area contributed by atoms with E-state index in [9.17, 15) is 9.59 Å². The van der Waals surface area contributed by atoms with Crippen LogP contribution in [0.2, 0.25) is 0 Å². The van der Waals surface area contributed by atoms with E-state index in [1.54, 1.807) is 36.2 Å². The first kappa shape index (κ1) is 18.9. The zero-order valence-corrected chi connectivity index (χ0v) is 15.5. The normalized spacial score (nSPS) is 16.0. The van der Waals surface area contributed by atoms with Crippen molar-refractivity contribution in [3.8, 4) is 0 Å². The van der Waals surface area contributed by atoms with Gasteiger partial charge in [0.1, 0.15) is 0 Å². The summed E-state index contributed by atoms with van der Waals surface area (Å²) >= 11 is 0. The Morgan fingerprint density at radius 1 is 1.15 bits per heavy atom. The fourth-order valence-corrected chi connectivity index (χ4v) is 3.09. The molecule has 1 fully saturated rings. The smallest absolute Gasteiger partial charge is 0.319 e. The van der Waals surface area contributed by atoms with Gasteiger partial charge in [0.05, 0.1) is 6.10 Å². The van der Waals surface area contributed by atoms with Gasteiger partial charge >= 0.3 is 6.03 Å². The van der Waals surface area contributed by atoms with Crippen LogP contribution in [0.25, 0.3) is 0 Å². The lowest BCUT2D eigenvalue weighted by atomic mass is 10.1. The number of urea groups is 1. The van der Waals surface area contributed by atoms with Gasteiger partial charge < -0.3 is 20.3 Å². The number of para-hydroxylation sites is 1. The number of carbonyl (C=O) groups is 2. The second kappa shape index (κ2) is 9.19. The maximum absolute atomic E-state index is 12.7. The minimum atomic E-state index is -0.283. The molecule has 0 aliphatic carbocycles. The molecule has 2 aromatic carbocycles. The monoisotopic (exact) mass is 367 g/mol. The van der Waals surface area contributed by atoms with E-state index in [-0.39, 0.29) is 18.0 Å². The average Bonchev–Trinajstić information content (AvgIpc) is 3.21. The van der Waals surface area contributed by atoms with Crippen LogP contribution in [0, 0.1) is 0 Å². The number of nitrogens with zero attached hydrogens (tertiary/aromatic N) is 1. The maximum Gasteiger partial charge on any atom is 0.319 e. The van der Waals surface area contributed by atoms with E-state index >= 15 is 0 Å². The van der Waals surface area contributed by atoms with Gasteiger partial charge in [-0.2, -0.15) is 0 Å². The van der Waals surface area contributed by atoms with Crippen LogP contribution >= 0.6 is 0 Å². The van der Waals surface area contributed by atoms with Crippen molar-refractivity contribution in [2.24, 2.45) is 0 Å². The molecule has 0 spiro atoms. The molecule has 6 nitrogen and oxygen atoms in total. The lowest BCUT2D eigenvalue weighted by Gasteiger charge is -2.18.